The van der Waals surface area contributed by atoms with E-state index in [0.29, 0.717) is 12.8 Å². The molecule has 3 nitrogen and oxygen atoms in total. The van der Waals surface area contributed by atoms with Crippen LogP contribution in [0.3, 0.4) is 0 Å². The minimum Gasteiger partial charge on any atom is -0.349 e. The van der Waals surface area contributed by atoms with E-state index in [1.54, 1.807) is 13.8 Å². The SMILES string of the molecule is CC(C)C(=O)CNC(=O)C1CCCC(C(F)(F)F)C1. The van der Waals surface area contributed by atoms with Gasteiger partial charge in [-0.3, -0.25) is 9.59 Å². The quantitative estimate of drug-likeness (QED) is 0.860. The Hall–Kier alpha value is -1.07. The Bertz CT molecular complexity index is 339. The van der Waals surface area contributed by atoms with E-state index in [0.717, 1.165) is 0 Å². The molecule has 0 radical (unpaired) electrons. The summed E-state index contributed by atoms with van der Waals surface area (Å²) in [6, 6.07) is 0. The highest BCUT2D eigenvalue weighted by atomic mass is 19.4. The van der Waals surface area contributed by atoms with Gasteiger partial charge in [-0.05, 0) is 19.3 Å². The van der Waals surface area contributed by atoms with Gasteiger partial charge in [-0.15, -0.1) is 0 Å². The first-order valence-electron chi connectivity index (χ1n) is 6.59. The third-order valence-electron chi connectivity index (χ3n) is 3.59. The van der Waals surface area contributed by atoms with Gasteiger partial charge in [0.1, 0.15) is 0 Å². The van der Waals surface area contributed by atoms with E-state index in [1.807, 2.05) is 0 Å². The maximum atomic E-state index is 12.6. The predicted octanol–water partition coefficient (Wildman–Crippen LogP) is 2.70. The summed E-state index contributed by atoms with van der Waals surface area (Å²) in [5.41, 5.74) is 0. The van der Waals surface area contributed by atoms with E-state index in [2.05, 4.69) is 5.32 Å². The van der Waals surface area contributed by atoms with Crippen molar-refractivity contribution < 1.29 is 22.8 Å². The first-order valence-corrected chi connectivity index (χ1v) is 6.59. The molecule has 6 heteroatoms. The van der Waals surface area contributed by atoms with Gasteiger partial charge in [-0.2, -0.15) is 13.2 Å². The molecule has 1 rings (SSSR count). The number of hydrogen-bond donors (Lipinski definition) is 1. The van der Waals surface area contributed by atoms with Crippen LogP contribution in [0.15, 0.2) is 0 Å². The van der Waals surface area contributed by atoms with Crippen molar-refractivity contribution in [1.82, 2.24) is 5.32 Å². The van der Waals surface area contributed by atoms with Gasteiger partial charge >= 0.3 is 6.18 Å². The molecule has 110 valence electrons. The van der Waals surface area contributed by atoms with Crippen LogP contribution in [0.25, 0.3) is 0 Å². The third kappa shape index (κ3) is 4.84. The Balaban J connectivity index is 2.47. The number of Topliss-reactive ketones (excluding diaryl/α,β-unsaturated/α-hetero) is 1. The van der Waals surface area contributed by atoms with Crippen molar-refractivity contribution in [3.05, 3.63) is 0 Å². The average molecular weight is 279 g/mol. The van der Waals surface area contributed by atoms with E-state index in [-0.39, 0.29) is 31.1 Å². The highest BCUT2D eigenvalue weighted by molar-refractivity contribution is 5.87. The first kappa shape index (κ1) is 16.0. The van der Waals surface area contributed by atoms with Crippen LogP contribution in [0.2, 0.25) is 0 Å². The minimum absolute atomic E-state index is 0.0936. The van der Waals surface area contributed by atoms with Crippen molar-refractivity contribution in [3.63, 3.8) is 0 Å². The summed E-state index contributed by atoms with van der Waals surface area (Å²) in [6.45, 7) is 3.34. The molecule has 19 heavy (non-hydrogen) atoms. The monoisotopic (exact) mass is 279 g/mol. The van der Waals surface area contributed by atoms with Crippen LogP contribution >= 0.6 is 0 Å². The zero-order valence-corrected chi connectivity index (χ0v) is 11.2. The van der Waals surface area contributed by atoms with Gasteiger partial charge in [0.05, 0.1) is 12.5 Å². The molecular weight excluding hydrogens is 259 g/mol. The maximum Gasteiger partial charge on any atom is 0.391 e. The lowest BCUT2D eigenvalue weighted by atomic mass is 9.80. The molecule has 0 spiro atoms. The molecule has 1 aliphatic rings. The number of nitrogens with one attached hydrogen (secondary N) is 1. The number of carbonyl (C=O) groups excluding carboxylic acids is 2. The Labute approximate surface area is 110 Å². The lowest BCUT2D eigenvalue weighted by Gasteiger charge is -2.29. The third-order valence-corrected chi connectivity index (χ3v) is 3.59. The van der Waals surface area contributed by atoms with Crippen molar-refractivity contribution in [1.29, 1.82) is 0 Å². The Kier molecular flexibility index (Phi) is 5.38. The summed E-state index contributed by atoms with van der Waals surface area (Å²) in [7, 11) is 0. The number of rotatable bonds is 4. The molecule has 1 N–H and O–H groups in total. The molecule has 0 saturated heterocycles. The molecule has 1 saturated carbocycles. The highest BCUT2D eigenvalue weighted by Gasteiger charge is 2.43. The summed E-state index contributed by atoms with van der Waals surface area (Å²) in [5, 5.41) is 2.45. The van der Waals surface area contributed by atoms with Crippen molar-refractivity contribution in [2.24, 2.45) is 17.8 Å². The van der Waals surface area contributed by atoms with Crippen LogP contribution in [-0.2, 0) is 9.59 Å². The summed E-state index contributed by atoms with van der Waals surface area (Å²) in [4.78, 5) is 23.1. The van der Waals surface area contributed by atoms with Gasteiger partial charge in [0, 0.05) is 11.8 Å². The van der Waals surface area contributed by atoms with Gasteiger partial charge in [-0.25, -0.2) is 0 Å². The van der Waals surface area contributed by atoms with Crippen LogP contribution in [-0.4, -0.2) is 24.4 Å². The number of alkyl halides is 3. The molecule has 1 amide bonds. The summed E-state index contributed by atoms with van der Waals surface area (Å²) >= 11 is 0. The second-order valence-electron chi connectivity index (χ2n) is 5.44. The van der Waals surface area contributed by atoms with Crippen molar-refractivity contribution in [3.8, 4) is 0 Å². The maximum absolute atomic E-state index is 12.6. The van der Waals surface area contributed by atoms with Gasteiger partial charge in [0.2, 0.25) is 5.91 Å². The molecule has 2 unspecified atom stereocenters. The second-order valence-corrected chi connectivity index (χ2v) is 5.44. The van der Waals surface area contributed by atoms with Gasteiger partial charge in [0.25, 0.3) is 0 Å². The number of halogens is 3. The summed E-state index contributed by atoms with van der Waals surface area (Å²) < 4.78 is 37.8. The summed E-state index contributed by atoms with van der Waals surface area (Å²) in [5.74, 6) is -2.74. The lowest BCUT2D eigenvalue weighted by Crippen LogP contribution is -2.39. The van der Waals surface area contributed by atoms with Crippen molar-refractivity contribution >= 4 is 11.7 Å². The van der Waals surface area contributed by atoms with E-state index < -0.39 is 23.9 Å². The highest BCUT2D eigenvalue weighted by Crippen LogP contribution is 2.39. The van der Waals surface area contributed by atoms with Crippen LogP contribution in [0.5, 0.6) is 0 Å². The second kappa shape index (κ2) is 6.39. The predicted molar refractivity (Wildman–Crippen MR) is 64.4 cm³/mol. The fourth-order valence-corrected chi connectivity index (χ4v) is 2.25. The molecule has 0 aliphatic heterocycles. The molecule has 1 fully saturated rings. The fraction of sp³-hybridized carbons (Fsp3) is 0.846. The first-order chi connectivity index (χ1) is 8.71. The van der Waals surface area contributed by atoms with Gasteiger partial charge < -0.3 is 5.32 Å². The Morgan fingerprint density at radius 3 is 2.42 bits per heavy atom. The topological polar surface area (TPSA) is 46.2 Å². The van der Waals surface area contributed by atoms with Crippen molar-refractivity contribution in [2.45, 2.75) is 45.7 Å². The molecule has 0 aromatic carbocycles. The zero-order chi connectivity index (χ0) is 14.6. The number of ketones is 1. The molecule has 0 heterocycles. The Morgan fingerprint density at radius 1 is 1.26 bits per heavy atom. The lowest BCUT2D eigenvalue weighted by molar-refractivity contribution is -0.186. The van der Waals surface area contributed by atoms with Crippen LogP contribution < -0.4 is 5.32 Å². The van der Waals surface area contributed by atoms with Crippen LogP contribution in [0.4, 0.5) is 13.2 Å². The van der Waals surface area contributed by atoms with E-state index in [4.69, 9.17) is 0 Å². The summed E-state index contributed by atoms with van der Waals surface area (Å²) in [6.07, 6.45) is -3.43. The molecule has 0 aromatic rings. The number of amides is 1. The van der Waals surface area contributed by atoms with Gasteiger partial charge in [0.15, 0.2) is 5.78 Å². The van der Waals surface area contributed by atoms with Gasteiger partial charge in [-0.1, -0.05) is 20.3 Å². The number of hydrogen-bond acceptors (Lipinski definition) is 2. The van der Waals surface area contributed by atoms with Crippen LogP contribution in [0, 0.1) is 17.8 Å². The molecule has 0 bridgehead atoms. The van der Waals surface area contributed by atoms with Crippen LogP contribution in [0.1, 0.15) is 39.5 Å². The van der Waals surface area contributed by atoms with Crippen molar-refractivity contribution in [2.75, 3.05) is 6.54 Å². The fourth-order valence-electron chi connectivity index (χ4n) is 2.25. The normalized spacial score (nSPS) is 24.3. The standard InChI is InChI=1S/C13H20F3NO2/c1-8(2)11(18)7-17-12(19)9-4-3-5-10(6-9)13(14,15)16/h8-10H,3-7H2,1-2H3,(H,17,19). The molecule has 0 aromatic heterocycles. The van der Waals surface area contributed by atoms with E-state index in [9.17, 15) is 22.8 Å². The minimum atomic E-state index is -4.23. The molecular formula is C13H20F3NO2. The van der Waals surface area contributed by atoms with E-state index >= 15 is 0 Å². The molecule has 1 aliphatic carbocycles. The molecule has 2 atom stereocenters. The zero-order valence-electron chi connectivity index (χ0n) is 11.2. The van der Waals surface area contributed by atoms with E-state index in [1.165, 1.54) is 0 Å². The Morgan fingerprint density at radius 2 is 1.89 bits per heavy atom. The largest absolute Gasteiger partial charge is 0.391 e. The average Bonchev–Trinajstić information content (AvgIpc) is 2.34. The smallest absolute Gasteiger partial charge is 0.349 e. The number of carbonyl (C=O) groups is 2.